The number of carbonyl (C=O) groups excluding carboxylic acids is 2. The average molecular weight is 506 g/mol. The van der Waals surface area contributed by atoms with E-state index in [0.717, 1.165) is 10.3 Å². The third-order valence-corrected chi connectivity index (χ3v) is 6.05. The fraction of sp³-hybridized carbons (Fsp3) is 0.321. The van der Waals surface area contributed by atoms with E-state index in [1.807, 2.05) is 48.3 Å². The number of benzene rings is 2. The van der Waals surface area contributed by atoms with Gasteiger partial charge in [-0.1, -0.05) is 36.4 Å². The van der Waals surface area contributed by atoms with Gasteiger partial charge >= 0.3 is 5.97 Å². The normalized spacial score (nSPS) is 13.4. The molecule has 9 heteroatoms. The Morgan fingerprint density at radius 3 is 2.70 bits per heavy atom. The SMILES string of the molecule is CCOC(=O)CC(Oc1ccc2c(c1)OCC(=O)N2CCCN(C)c1cccc[n+]1[O-])c1ccccc1. The number of amides is 1. The van der Waals surface area contributed by atoms with Crippen LogP contribution in [0.15, 0.2) is 72.9 Å². The van der Waals surface area contributed by atoms with E-state index < -0.39 is 6.10 Å². The van der Waals surface area contributed by atoms with Crippen LogP contribution in [-0.4, -0.2) is 45.2 Å². The van der Waals surface area contributed by atoms with Gasteiger partial charge in [0.1, 0.15) is 17.6 Å². The van der Waals surface area contributed by atoms with Crippen LogP contribution in [0.25, 0.3) is 0 Å². The van der Waals surface area contributed by atoms with Gasteiger partial charge in [-0.3, -0.25) is 14.5 Å². The monoisotopic (exact) mass is 505 g/mol. The maximum absolute atomic E-state index is 12.6. The summed E-state index contributed by atoms with van der Waals surface area (Å²) in [5.74, 6) is 1.13. The molecule has 1 aromatic heterocycles. The summed E-state index contributed by atoms with van der Waals surface area (Å²) in [5.41, 5.74) is 1.51. The van der Waals surface area contributed by atoms with Gasteiger partial charge in [-0.25, -0.2) is 4.73 Å². The van der Waals surface area contributed by atoms with Crippen molar-refractivity contribution in [2.45, 2.75) is 25.9 Å². The van der Waals surface area contributed by atoms with E-state index in [1.54, 1.807) is 42.2 Å². The van der Waals surface area contributed by atoms with E-state index in [4.69, 9.17) is 14.2 Å². The summed E-state index contributed by atoms with van der Waals surface area (Å²) in [7, 11) is 1.85. The van der Waals surface area contributed by atoms with Crippen molar-refractivity contribution in [1.29, 1.82) is 0 Å². The largest absolute Gasteiger partial charge is 0.711 e. The first-order valence-electron chi connectivity index (χ1n) is 12.3. The van der Waals surface area contributed by atoms with Crippen molar-refractivity contribution < 1.29 is 28.5 Å². The Kier molecular flexibility index (Phi) is 8.45. The van der Waals surface area contributed by atoms with E-state index in [0.29, 0.717) is 49.1 Å². The zero-order chi connectivity index (χ0) is 26.2. The van der Waals surface area contributed by atoms with E-state index in [-0.39, 0.29) is 24.9 Å². The van der Waals surface area contributed by atoms with Crippen LogP contribution in [0.3, 0.4) is 0 Å². The Morgan fingerprint density at radius 1 is 1.16 bits per heavy atom. The van der Waals surface area contributed by atoms with Crippen LogP contribution >= 0.6 is 0 Å². The number of ether oxygens (including phenoxy) is 3. The average Bonchev–Trinajstić information content (AvgIpc) is 2.90. The highest BCUT2D eigenvalue weighted by molar-refractivity contribution is 5.97. The molecule has 3 aromatic rings. The van der Waals surface area contributed by atoms with Gasteiger partial charge in [-0.05, 0) is 30.7 Å². The van der Waals surface area contributed by atoms with Gasteiger partial charge in [0.05, 0.1) is 38.5 Å². The molecule has 0 saturated carbocycles. The molecule has 0 spiro atoms. The van der Waals surface area contributed by atoms with Crippen LogP contribution in [-0.2, 0) is 14.3 Å². The summed E-state index contributed by atoms with van der Waals surface area (Å²) in [6.07, 6.45) is 1.66. The summed E-state index contributed by atoms with van der Waals surface area (Å²) in [4.78, 5) is 28.4. The number of fused-ring (bicyclic) bond motifs is 1. The number of nitrogens with zero attached hydrogens (tertiary/aromatic N) is 3. The van der Waals surface area contributed by atoms with Crippen molar-refractivity contribution in [2.24, 2.45) is 0 Å². The lowest BCUT2D eigenvalue weighted by Crippen LogP contribution is -2.41. The summed E-state index contributed by atoms with van der Waals surface area (Å²) < 4.78 is 17.9. The predicted molar refractivity (Wildman–Crippen MR) is 139 cm³/mol. The van der Waals surface area contributed by atoms with Gasteiger partial charge in [0.25, 0.3) is 11.7 Å². The molecular formula is C28H31N3O6. The predicted octanol–water partition coefficient (Wildman–Crippen LogP) is 3.65. The van der Waals surface area contributed by atoms with Crippen molar-refractivity contribution in [3.05, 3.63) is 83.7 Å². The summed E-state index contributed by atoms with van der Waals surface area (Å²) in [6, 6.07) is 20.1. The molecule has 1 unspecified atom stereocenters. The zero-order valence-electron chi connectivity index (χ0n) is 21.0. The maximum atomic E-state index is 12.6. The first-order valence-corrected chi connectivity index (χ1v) is 12.3. The second-order valence-electron chi connectivity index (χ2n) is 8.65. The summed E-state index contributed by atoms with van der Waals surface area (Å²) in [5, 5.41) is 12.0. The highest BCUT2D eigenvalue weighted by Crippen LogP contribution is 2.37. The molecule has 4 rings (SSSR count). The van der Waals surface area contributed by atoms with Crippen LogP contribution in [0, 0.1) is 5.21 Å². The van der Waals surface area contributed by atoms with Crippen LogP contribution in [0.4, 0.5) is 11.5 Å². The number of pyridine rings is 1. The molecule has 1 aliphatic rings. The number of aromatic nitrogens is 1. The Bertz CT molecular complexity index is 1220. The van der Waals surface area contributed by atoms with Crippen LogP contribution in [0.1, 0.15) is 31.4 Å². The molecule has 1 amide bonds. The lowest BCUT2D eigenvalue weighted by molar-refractivity contribution is -0.592. The standard InChI is InChI=1S/C28H31N3O6/c1-3-35-28(33)19-24(21-10-5-4-6-11-21)37-22-13-14-23-25(18-22)36-20-27(32)30(23)16-9-15-29(2)26-12-7-8-17-31(26)34/h4-8,10-14,17-18,24H,3,9,15-16,19-20H2,1-2H3. The molecule has 2 aromatic carbocycles. The quantitative estimate of drug-likeness (QED) is 0.223. The molecule has 194 valence electrons. The highest BCUT2D eigenvalue weighted by atomic mass is 16.5. The number of anilines is 2. The molecule has 0 N–H and O–H groups in total. The first-order chi connectivity index (χ1) is 18.0. The van der Waals surface area contributed by atoms with Crippen molar-refractivity contribution in [3.8, 4) is 11.5 Å². The Balaban J connectivity index is 1.45. The highest BCUT2D eigenvalue weighted by Gasteiger charge is 2.27. The zero-order valence-corrected chi connectivity index (χ0v) is 21.0. The Labute approximate surface area is 216 Å². The number of esters is 1. The second-order valence-corrected chi connectivity index (χ2v) is 8.65. The van der Waals surface area contributed by atoms with E-state index in [1.165, 1.54) is 6.20 Å². The minimum atomic E-state index is -0.531. The lowest BCUT2D eigenvalue weighted by atomic mass is 10.1. The van der Waals surface area contributed by atoms with Crippen molar-refractivity contribution >= 4 is 23.4 Å². The van der Waals surface area contributed by atoms with E-state index in [9.17, 15) is 14.8 Å². The molecule has 9 nitrogen and oxygen atoms in total. The molecule has 37 heavy (non-hydrogen) atoms. The van der Waals surface area contributed by atoms with Gasteiger partial charge in [0.2, 0.25) is 0 Å². The molecule has 0 aliphatic carbocycles. The number of hydrogen-bond acceptors (Lipinski definition) is 7. The fourth-order valence-corrected chi connectivity index (χ4v) is 4.23. The maximum Gasteiger partial charge on any atom is 0.309 e. The Morgan fingerprint density at radius 2 is 1.95 bits per heavy atom. The number of carbonyl (C=O) groups is 2. The minimum Gasteiger partial charge on any atom is -0.711 e. The minimum absolute atomic E-state index is 0.0682. The molecular weight excluding hydrogens is 474 g/mol. The second kappa shape index (κ2) is 12.1. The summed E-state index contributed by atoms with van der Waals surface area (Å²) in [6.45, 7) is 3.07. The van der Waals surface area contributed by atoms with Gasteiger partial charge < -0.3 is 24.3 Å². The molecule has 1 aliphatic heterocycles. The fourth-order valence-electron chi connectivity index (χ4n) is 4.23. The first kappa shape index (κ1) is 25.8. The van der Waals surface area contributed by atoms with Crippen molar-refractivity contribution in [3.63, 3.8) is 0 Å². The number of hydrogen-bond donors (Lipinski definition) is 0. The molecule has 0 bridgehead atoms. The van der Waals surface area contributed by atoms with Gasteiger partial charge in [0.15, 0.2) is 6.61 Å². The van der Waals surface area contributed by atoms with E-state index in [2.05, 4.69) is 0 Å². The Hall–Kier alpha value is -4.27. The van der Waals surface area contributed by atoms with Gasteiger partial charge in [-0.15, -0.1) is 0 Å². The summed E-state index contributed by atoms with van der Waals surface area (Å²) >= 11 is 0. The van der Waals surface area contributed by atoms with Crippen molar-refractivity contribution in [2.75, 3.05) is 43.2 Å². The van der Waals surface area contributed by atoms with Gasteiger partial charge in [0, 0.05) is 25.1 Å². The van der Waals surface area contributed by atoms with Crippen LogP contribution in [0.5, 0.6) is 11.5 Å². The smallest absolute Gasteiger partial charge is 0.309 e. The molecule has 0 radical (unpaired) electrons. The van der Waals surface area contributed by atoms with E-state index >= 15 is 0 Å². The number of rotatable bonds is 11. The third kappa shape index (κ3) is 6.49. The lowest BCUT2D eigenvalue weighted by Gasteiger charge is -2.30. The van der Waals surface area contributed by atoms with Crippen LogP contribution < -0.4 is 24.0 Å². The molecule has 0 saturated heterocycles. The van der Waals surface area contributed by atoms with Gasteiger partial charge in [-0.2, -0.15) is 0 Å². The molecule has 0 fully saturated rings. The molecule has 2 heterocycles. The van der Waals surface area contributed by atoms with Crippen LogP contribution in [0.2, 0.25) is 0 Å². The molecule has 1 atom stereocenters. The van der Waals surface area contributed by atoms with Crippen molar-refractivity contribution in [1.82, 2.24) is 0 Å². The third-order valence-electron chi connectivity index (χ3n) is 6.05. The topological polar surface area (TPSA) is 95.2 Å².